The Bertz CT molecular complexity index is 843. The fourth-order valence-electron chi connectivity index (χ4n) is 4.62. The largest absolute Gasteiger partial charge is 0.434 e. The molecule has 204 valence electrons. The van der Waals surface area contributed by atoms with Gasteiger partial charge in [-0.1, -0.05) is 95.6 Å². The summed E-state index contributed by atoms with van der Waals surface area (Å²) in [5, 5.41) is 10.4. The van der Waals surface area contributed by atoms with Crippen LogP contribution in [0.2, 0.25) is 0 Å². The van der Waals surface area contributed by atoms with Crippen LogP contribution < -0.4 is 10.6 Å². The Kier molecular flexibility index (Phi) is 13.2. The number of amides is 2. The summed E-state index contributed by atoms with van der Waals surface area (Å²) in [5.41, 5.74) is 1.64. The summed E-state index contributed by atoms with van der Waals surface area (Å²) in [6, 6.07) is 7.89. The van der Waals surface area contributed by atoms with Crippen molar-refractivity contribution >= 4 is 17.7 Å². The molecular formula is C30H51N3O3. The normalized spacial score (nSPS) is 13.5. The van der Waals surface area contributed by atoms with Gasteiger partial charge in [-0.3, -0.25) is 9.63 Å². The van der Waals surface area contributed by atoms with Gasteiger partial charge in [0.05, 0.1) is 16.8 Å². The Balaban J connectivity index is 2.99. The molecule has 1 aromatic rings. The summed E-state index contributed by atoms with van der Waals surface area (Å²) in [7, 11) is 0. The van der Waals surface area contributed by atoms with Crippen LogP contribution in [-0.4, -0.2) is 17.7 Å². The molecule has 2 N–H and O–H groups in total. The first kappa shape index (κ1) is 31.7. The summed E-state index contributed by atoms with van der Waals surface area (Å²) in [4.78, 5) is 29.9. The first-order valence-corrected chi connectivity index (χ1v) is 13.8. The molecule has 1 aromatic carbocycles. The fourth-order valence-corrected chi connectivity index (χ4v) is 4.62. The quantitative estimate of drug-likeness (QED) is 0.111. The van der Waals surface area contributed by atoms with Crippen LogP contribution in [0.25, 0.3) is 0 Å². The van der Waals surface area contributed by atoms with Gasteiger partial charge in [0.15, 0.2) is 0 Å². The van der Waals surface area contributed by atoms with Gasteiger partial charge in [-0.05, 0) is 63.5 Å². The number of nitrogens with one attached hydrogen (secondary N) is 2. The topological polar surface area (TPSA) is 79.8 Å². The predicted molar refractivity (Wildman–Crippen MR) is 150 cm³/mol. The van der Waals surface area contributed by atoms with Crippen molar-refractivity contribution in [1.29, 1.82) is 0 Å². The third-order valence-corrected chi connectivity index (χ3v) is 6.93. The standard InChI is InChI=1S/C30H51N3O3/c1-10-12-14-17-22(3)27(23(4)18-15-13-11-2)33-36-28(35)32-30(8,9)26-20-16-19-25(21-26)29(6,7)31-24(5)34/h16,19-23H,10-15,17-18H2,1-9H3,(H,31,34)(H,32,35). The highest BCUT2D eigenvalue weighted by Crippen LogP contribution is 2.27. The Labute approximate surface area is 220 Å². The number of nitrogens with zero attached hydrogens (tertiary/aromatic N) is 1. The van der Waals surface area contributed by atoms with Crippen molar-refractivity contribution in [2.24, 2.45) is 17.0 Å². The molecule has 0 bridgehead atoms. The van der Waals surface area contributed by atoms with Crippen molar-refractivity contribution in [3.63, 3.8) is 0 Å². The molecule has 0 saturated carbocycles. The van der Waals surface area contributed by atoms with Gasteiger partial charge >= 0.3 is 6.09 Å². The smallest absolute Gasteiger partial charge is 0.347 e. The van der Waals surface area contributed by atoms with E-state index in [4.69, 9.17) is 4.84 Å². The lowest BCUT2D eigenvalue weighted by molar-refractivity contribution is -0.120. The van der Waals surface area contributed by atoms with Crippen LogP contribution in [0, 0.1) is 11.8 Å². The molecule has 0 aliphatic heterocycles. The van der Waals surface area contributed by atoms with Crippen LogP contribution in [0.15, 0.2) is 29.4 Å². The molecule has 36 heavy (non-hydrogen) atoms. The van der Waals surface area contributed by atoms with E-state index in [0.717, 1.165) is 42.5 Å². The molecule has 1 rings (SSSR count). The Hall–Kier alpha value is -2.37. The average Bonchev–Trinajstić information content (AvgIpc) is 2.78. The molecule has 0 heterocycles. The molecule has 6 nitrogen and oxygen atoms in total. The van der Waals surface area contributed by atoms with Gasteiger partial charge in [-0.15, -0.1) is 0 Å². The van der Waals surface area contributed by atoms with E-state index in [2.05, 4.69) is 43.5 Å². The van der Waals surface area contributed by atoms with Crippen LogP contribution in [0.3, 0.4) is 0 Å². The molecule has 6 heteroatoms. The van der Waals surface area contributed by atoms with Gasteiger partial charge in [-0.25, -0.2) is 4.79 Å². The molecule has 0 spiro atoms. The van der Waals surface area contributed by atoms with Crippen LogP contribution in [-0.2, 0) is 20.7 Å². The molecule has 2 unspecified atom stereocenters. The van der Waals surface area contributed by atoms with E-state index in [1.165, 1.54) is 32.6 Å². The first-order valence-electron chi connectivity index (χ1n) is 13.8. The third kappa shape index (κ3) is 10.7. The zero-order valence-corrected chi connectivity index (χ0v) is 24.3. The van der Waals surface area contributed by atoms with E-state index in [9.17, 15) is 9.59 Å². The molecule has 2 amide bonds. The van der Waals surface area contributed by atoms with Gasteiger partial charge in [0.2, 0.25) is 5.91 Å². The minimum atomic E-state index is -0.686. The van der Waals surface area contributed by atoms with Gasteiger partial charge in [0.1, 0.15) is 0 Å². The van der Waals surface area contributed by atoms with Crippen LogP contribution in [0.5, 0.6) is 0 Å². The number of carbonyl (C=O) groups excluding carboxylic acids is 2. The van der Waals surface area contributed by atoms with E-state index >= 15 is 0 Å². The lowest BCUT2D eigenvalue weighted by atomic mass is 9.87. The van der Waals surface area contributed by atoms with E-state index in [-0.39, 0.29) is 17.7 Å². The minimum absolute atomic E-state index is 0.0899. The SMILES string of the molecule is CCCCCC(C)C(=NOC(=O)NC(C)(C)c1cccc(C(C)(C)NC(C)=O)c1)C(C)CCCCC. The van der Waals surface area contributed by atoms with Crippen molar-refractivity contribution in [3.05, 3.63) is 35.4 Å². The van der Waals surface area contributed by atoms with E-state index < -0.39 is 17.2 Å². The number of carbonyl (C=O) groups is 2. The second-order valence-electron chi connectivity index (χ2n) is 11.3. The van der Waals surface area contributed by atoms with Crippen molar-refractivity contribution in [3.8, 4) is 0 Å². The zero-order chi connectivity index (χ0) is 27.4. The first-order chi connectivity index (χ1) is 16.8. The average molecular weight is 502 g/mol. The number of oxime groups is 1. The predicted octanol–water partition coefficient (Wildman–Crippen LogP) is 7.81. The zero-order valence-electron chi connectivity index (χ0n) is 24.3. The number of benzene rings is 1. The summed E-state index contributed by atoms with van der Waals surface area (Å²) in [5.74, 6) is 0.469. The van der Waals surface area contributed by atoms with Gasteiger partial charge in [-0.2, -0.15) is 0 Å². The highest BCUT2D eigenvalue weighted by Gasteiger charge is 2.28. The molecule has 2 atom stereocenters. The minimum Gasteiger partial charge on any atom is -0.347 e. The molecule has 0 fully saturated rings. The summed E-state index contributed by atoms with van der Waals surface area (Å²) in [6.45, 7) is 18.1. The lowest BCUT2D eigenvalue weighted by Gasteiger charge is -2.30. The number of rotatable bonds is 15. The maximum absolute atomic E-state index is 12.8. The van der Waals surface area contributed by atoms with E-state index in [1.807, 2.05) is 52.0 Å². The van der Waals surface area contributed by atoms with Crippen molar-refractivity contribution in [2.75, 3.05) is 0 Å². The maximum atomic E-state index is 12.8. The Morgan fingerprint density at radius 3 is 1.78 bits per heavy atom. The number of hydrogen-bond acceptors (Lipinski definition) is 4. The highest BCUT2D eigenvalue weighted by molar-refractivity contribution is 5.88. The summed E-state index contributed by atoms with van der Waals surface area (Å²) in [6.07, 6.45) is 8.63. The Morgan fingerprint density at radius 1 is 0.861 bits per heavy atom. The molecule has 0 aliphatic rings. The molecule has 0 aromatic heterocycles. The van der Waals surface area contributed by atoms with Gasteiger partial charge in [0.25, 0.3) is 0 Å². The third-order valence-electron chi connectivity index (χ3n) is 6.93. The van der Waals surface area contributed by atoms with Crippen LogP contribution in [0.4, 0.5) is 4.79 Å². The number of unbranched alkanes of at least 4 members (excludes halogenated alkanes) is 4. The molecule has 0 saturated heterocycles. The molecule has 0 aliphatic carbocycles. The lowest BCUT2D eigenvalue weighted by Crippen LogP contribution is -2.42. The monoisotopic (exact) mass is 501 g/mol. The summed E-state index contributed by atoms with van der Waals surface area (Å²) >= 11 is 0. The van der Waals surface area contributed by atoms with Crippen LogP contribution >= 0.6 is 0 Å². The Morgan fingerprint density at radius 2 is 1.33 bits per heavy atom. The van der Waals surface area contributed by atoms with Crippen molar-refractivity contribution in [1.82, 2.24) is 10.6 Å². The van der Waals surface area contributed by atoms with Gasteiger partial charge < -0.3 is 10.6 Å². The number of hydrogen-bond donors (Lipinski definition) is 2. The van der Waals surface area contributed by atoms with E-state index in [0.29, 0.717) is 0 Å². The molecule has 0 radical (unpaired) electrons. The fraction of sp³-hybridized carbons (Fsp3) is 0.700. The van der Waals surface area contributed by atoms with Gasteiger partial charge in [0, 0.05) is 6.92 Å². The van der Waals surface area contributed by atoms with Crippen molar-refractivity contribution < 1.29 is 14.4 Å². The second-order valence-corrected chi connectivity index (χ2v) is 11.3. The van der Waals surface area contributed by atoms with Crippen molar-refractivity contribution in [2.45, 2.75) is 125 Å². The highest BCUT2D eigenvalue weighted by atomic mass is 16.7. The van der Waals surface area contributed by atoms with Crippen LogP contribution in [0.1, 0.15) is 125 Å². The maximum Gasteiger partial charge on any atom is 0.434 e. The summed E-state index contributed by atoms with van der Waals surface area (Å²) < 4.78 is 0. The molecular weight excluding hydrogens is 450 g/mol. The second kappa shape index (κ2) is 15.0. The van der Waals surface area contributed by atoms with E-state index in [1.54, 1.807) is 0 Å².